The fourth-order valence-electron chi connectivity index (χ4n) is 1.47. The van der Waals surface area contributed by atoms with Crippen molar-refractivity contribution in [2.24, 2.45) is 12.1 Å². The quantitative estimate of drug-likeness (QED) is 0.726. The molecule has 2 N–H and O–H groups in total. The highest BCUT2D eigenvalue weighted by atomic mass is 16.2. The minimum Gasteiger partial charge on any atom is -0.345 e. The lowest BCUT2D eigenvalue weighted by Crippen LogP contribution is -2.36. The highest BCUT2D eigenvalue weighted by Gasteiger charge is 2.17. The van der Waals surface area contributed by atoms with Gasteiger partial charge in [0.2, 0.25) is 5.91 Å². The molecule has 0 atom stereocenters. The Labute approximate surface area is 97.9 Å². The minimum atomic E-state index is -0.268. The van der Waals surface area contributed by atoms with Crippen LogP contribution >= 0.6 is 0 Å². The van der Waals surface area contributed by atoms with Gasteiger partial charge in [-0.2, -0.15) is 10.2 Å². The Kier molecular flexibility index (Phi) is 3.17. The van der Waals surface area contributed by atoms with Gasteiger partial charge >= 0.3 is 0 Å². The van der Waals surface area contributed by atoms with E-state index in [-0.39, 0.29) is 11.8 Å². The molecular formula is C10H13N5O2. The van der Waals surface area contributed by atoms with Crippen LogP contribution < -0.4 is 10.7 Å². The van der Waals surface area contributed by atoms with Gasteiger partial charge < -0.3 is 5.32 Å². The molecule has 7 nitrogen and oxygen atoms in total. The van der Waals surface area contributed by atoms with Crippen LogP contribution in [0.1, 0.15) is 18.5 Å². The van der Waals surface area contributed by atoms with Gasteiger partial charge in [0, 0.05) is 26.1 Å². The number of rotatable bonds is 3. The van der Waals surface area contributed by atoms with Crippen LogP contribution in [0.25, 0.3) is 0 Å². The van der Waals surface area contributed by atoms with E-state index in [1.54, 1.807) is 10.9 Å². The molecule has 7 heteroatoms. The fraction of sp³-hybridized carbons (Fsp3) is 0.400. The highest BCUT2D eigenvalue weighted by molar-refractivity contribution is 6.39. The molecule has 2 amide bonds. The summed E-state index contributed by atoms with van der Waals surface area (Å²) in [6.07, 6.45) is 2.48. The van der Waals surface area contributed by atoms with E-state index in [1.807, 2.05) is 13.1 Å². The van der Waals surface area contributed by atoms with E-state index in [0.29, 0.717) is 25.1 Å². The molecule has 2 rings (SSSR count). The molecule has 17 heavy (non-hydrogen) atoms. The first-order valence-electron chi connectivity index (χ1n) is 5.27. The summed E-state index contributed by atoms with van der Waals surface area (Å²) in [6.45, 7) is 0.354. The Balaban J connectivity index is 1.87. The minimum absolute atomic E-state index is 0.161. The third kappa shape index (κ3) is 2.90. The van der Waals surface area contributed by atoms with Crippen LogP contribution in [0.4, 0.5) is 0 Å². The Morgan fingerprint density at radius 3 is 3.00 bits per heavy atom. The van der Waals surface area contributed by atoms with Crippen LogP contribution in [-0.4, -0.2) is 27.3 Å². The maximum absolute atomic E-state index is 11.7. The average molecular weight is 235 g/mol. The van der Waals surface area contributed by atoms with Gasteiger partial charge in [0.15, 0.2) is 0 Å². The Morgan fingerprint density at radius 2 is 2.41 bits per heavy atom. The maximum atomic E-state index is 11.7. The summed E-state index contributed by atoms with van der Waals surface area (Å²) < 4.78 is 1.67. The van der Waals surface area contributed by atoms with Gasteiger partial charge in [-0.05, 0) is 6.07 Å². The number of hydrogen-bond acceptors (Lipinski definition) is 4. The van der Waals surface area contributed by atoms with Crippen molar-refractivity contribution in [2.75, 3.05) is 0 Å². The summed E-state index contributed by atoms with van der Waals surface area (Å²) in [7, 11) is 1.81. The predicted molar refractivity (Wildman–Crippen MR) is 59.9 cm³/mol. The molecule has 1 aliphatic heterocycles. The molecule has 0 unspecified atom stereocenters. The second-order valence-corrected chi connectivity index (χ2v) is 3.76. The van der Waals surface area contributed by atoms with Crippen molar-refractivity contribution in [3.05, 3.63) is 18.0 Å². The molecule has 0 radical (unpaired) electrons. The van der Waals surface area contributed by atoms with E-state index in [2.05, 4.69) is 20.9 Å². The number of aromatic nitrogens is 2. The lowest BCUT2D eigenvalue weighted by Gasteiger charge is -2.11. The van der Waals surface area contributed by atoms with E-state index in [9.17, 15) is 9.59 Å². The van der Waals surface area contributed by atoms with E-state index in [0.717, 1.165) is 5.69 Å². The van der Waals surface area contributed by atoms with Gasteiger partial charge in [-0.25, -0.2) is 5.43 Å². The third-order valence-electron chi connectivity index (χ3n) is 2.37. The summed E-state index contributed by atoms with van der Waals surface area (Å²) in [6, 6.07) is 1.82. The first kappa shape index (κ1) is 11.3. The smallest absolute Gasteiger partial charge is 0.267 e. The van der Waals surface area contributed by atoms with E-state index >= 15 is 0 Å². The molecule has 0 saturated heterocycles. The van der Waals surface area contributed by atoms with Crippen molar-refractivity contribution in [3.63, 3.8) is 0 Å². The van der Waals surface area contributed by atoms with Crippen LogP contribution in [0, 0.1) is 0 Å². The molecule has 90 valence electrons. The zero-order chi connectivity index (χ0) is 12.3. The average Bonchev–Trinajstić information content (AvgIpc) is 2.73. The second-order valence-electron chi connectivity index (χ2n) is 3.76. The lowest BCUT2D eigenvalue weighted by molar-refractivity contribution is -0.121. The van der Waals surface area contributed by atoms with E-state index in [1.165, 1.54) is 0 Å². The topological polar surface area (TPSA) is 88.4 Å². The van der Waals surface area contributed by atoms with Crippen LogP contribution in [0.2, 0.25) is 0 Å². The van der Waals surface area contributed by atoms with E-state index in [4.69, 9.17) is 0 Å². The molecule has 0 aromatic carbocycles. The van der Waals surface area contributed by atoms with Gasteiger partial charge in [-0.15, -0.1) is 0 Å². The molecule has 0 saturated carbocycles. The molecule has 1 aliphatic rings. The lowest BCUT2D eigenvalue weighted by atomic mass is 10.1. The van der Waals surface area contributed by atoms with Crippen molar-refractivity contribution >= 4 is 17.5 Å². The number of aryl methyl sites for hydroxylation is 1. The molecule has 1 aromatic rings. The zero-order valence-corrected chi connectivity index (χ0v) is 9.43. The molecule has 2 heterocycles. The standard InChI is InChI=1S/C10H13N5O2/c1-15-5-4-7(14-15)6-11-10(17)8-2-3-9(16)13-12-8/h4-5H,2-3,6H2,1H3,(H,11,17)(H,13,16). The number of amides is 2. The Morgan fingerprint density at radius 1 is 1.59 bits per heavy atom. The highest BCUT2D eigenvalue weighted by Crippen LogP contribution is 2.00. The second kappa shape index (κ2) is 4.77. The van der Waals surface area contributed by atoms with Gasteiger partial charge in [0.1, 0.15) is 5.71 Å². The number of hydrogen-bond donors (Lipinski definition) is 2. The molecular weight excluding hydrogens is 222 g/mol. The normalized spacial score (nSPS) is 15.1. The summed E-state index contributed by atoms with van der Waals surface area (Å²) in [5.74, 6) is -0.429. The fourth-order valence-corrected chi connectivity index (χ4v) is 1.47. The van der Waals surface area contributed by atoms with Crippen LogP contribution in [-0.2, 0) is 23.2 Å². The van der Waals surface area contributed by atoms with Crippen molar-refractivity contribution in [3.8, 4) is 0 Å². The number of hydrazone groups is 1. The SMILES string of the molecule is Cn1ccc(CNC(=O)C2=NNC(=O)CC2)n1. The largest absolute Gasteiger partial charge is 0.345 e. The molecule has 0 fully saturated rings. The maximum Gasteiger partial charge on any atom is 0.267 e. The van der Waals surface area contributed by atoms with Crippen molar-refractivity contribution in [2.45, 2.75) is 19.4 Å². The summed E-state index contributed by atoms with van der Waals surface area (Å²) in [5, 5.41) is 10.5. The number of nitrogens with one attached hydrogen (secondary N) is 2. The van der Waals surface area contributed by atoms with Crippen molar-refractivity contribution in [1.82, 2.24) is 20.5 Å². The summed E-state index contributed by atoms with van der Waals surface area (Å²) in [4.78, 5) is 22.5. The van der Waals surface area contributed by atoms with Crippen molar-refractivity contribution in [1.29, 1.82) is 0 Å². The van der Waals surface area contributed by atoms with Crippen LogP contribution in [0.3, 0.4) is 0 Å². The van der Waals surface area contributed by atoms with Gasteiger partial charge in [0.05, 0.1) is 12.2 Å². The first-order chi connectivity index (χ1) is 8.15. The number of carbonyl (C=O) groups excluding carboxylic acids is 2. The van der Waals surface area contributed by atoms with E-state index < -0.39 is 0 Å². The zero-order valence-electron chi connectivity index (χ0n) is 9.43. The monoisotopic (exact) mass is 235 g/mol. The van der Waals surface area contributed by atoms with Crippen molar-refractivity contribution < 1.29 is 9.59 Å². The summed E-state index contributed by atoms with van der Waals surface area (Å²) >= 11 is 0. The van der Waals surface area contributed by atoms with Gasteiger partial charge in [-0.1, -0.05) is 0 Å². The molecule has 0 spiro atoms. The first-order valence-corrected chi connectivity index (χ1v) is 5.27. The summed E-state index contributed by atoms with van der Waals surface area (Å²) in [5.41, 5.74) is 3.41. The molecule has 1 aromatic heterocycles. The third-order valence-corrected chi connectivity index (χ3v) is 2.37. The van der Waals surface area contributed by atoms with Gasteiger partial charge in [0.25, 0.3) is 5.91 Å². The van der Waals surface area contributed by atoms with Gasteiger partial charge in [-0.3, -0.25) is 14.3 Å². The Hall–Kier alpha value is -2.18. The Bertz CT molecular complexity index is 477. The predicted octanol–water partition coefficient (Wildman–Crippen LogP) is -0.698. The number of carbonyl (C=O) groups is 2. The number of nitrogens with zero attached hydrogens (tertiary/aromatic N) is 3. The molecule has 0 aliphatic carbocycles. The molecule has 0 bridgehead atoms. The van der Waals surface area contributed by atoms with Crippen LogP contribution in [0.15, 0.2) is 17.4 Å². The van der Waals surface area contributed by atoms with Crippen LogP contribution in [0.5, 0.6) is 0 Å².